The first-order chi connectivity index (χ1) is 8.93. The van der Waals surface area contributed by atoms with Gasteiger partial charge in [-0.25, -0.2) is 0 Å². The molecule has 4 nitrogen and oxygen atoms in total. The maximum Gasteiger partial charge on any atom is 0.309 e. The van der Waals surface area contributed by atoms with Crippen LogP contribution in [0, 0.1) is 11.8 Å². The molecule has 7 atom stereocenters. The smallest absolute Gasteiger partial charge is 0.309 e. The minimum absolute atomic E-state index is 0.00123. The molecule has 0 aromatic rings. The number of ether oxygens (including phenoxy) is 3. The fourth-order valence-corrected chi connectivity index (χ4v) is 4.11. The standard InChI is InChI=1S/C15H22O4/c1-8-9-4-6-14(2)10(18-14)5-7-15(3)12(19-15)11(9)17-13(8)16/h8-12H,4-7H2,1-3H3/t8-,9+,10-,11-,12+,14-,15+/m1/s1. The summed E-state index contributed by atoms with van der Waals surface area (Å²) >= 11 is 0. The molecule has 0 amide bonds. The van der Waals surface area contributed by atoms with E-state index in [1.54, 1.807) is 0 Å². The van der Waals surface area contributed by atoms with Crippen LogP contribution in [0.4, 0.5) is 0 Å². The predicted molar refractivity (Wildman–Crippen MR) is 67.6 cm³/mol. The van der Waals surface area contributed by atoms with Crippen LogP contribution in [-0.2, 0) is 19.0 Å². The largest absolute Gasteiger partial charge is 0.459 e. The number of hydrogen-bond donors (Lipinski definition) is 0. The number of carbonyl (C=O) groups excluding carboxylic acids is 1. The molecular formula is C15H22O4. The first-order valence-electron chi connectivity index (χ1n) is 7.49. The molecule has 4 aliphatic rings. The van der Waals surface area contributed by atoms with Crippen LogP contribution in [0.25, 0.3) is 0 Å². The quantitative estimate of drug-likeness (QED) is 0.497. The average Bonchev–Trinajstić information content (AvgIpc) is 3.18. The number of fused-ring (bicyclic) bond motifs is 4. The van der Waals surface area contributed by atoms with Crippen molar-refractivity contribution in [1.82, 2.24) is 0 Å². The Bertz CT molecular complexity index is 436. The van der Waals surface area contributed by atoms with Crippen molar-refractivity contribution in [2.75, 3.05) is 0 Å². The summed E-state index contributed by atoms with van der Waals surface area (Å²) in [5.41, 5.74) is -0.0640. The lowest BCUT2D eigenvalue weighted by Crippen LogP contribution is -2.31. The molecule has 3 saturated heterocycles. The van der Waals surface area contributed by atoms with Crippen LogP contribution < -0.4 is 0 Å². The lowest BCUT2D eigenvalue weighted by molar-refractivity contribution is -0.144. The van der Waals surface area contributed by atoms with Gasteiger partial charge >= 0.3 is 5.97 Å². The highest BCUT2D eigenvalue weighted by atomic mass is 16.6. The van der Waals surface area contributed by atoms with Crippen molar-refractivity contribution in [1.29, 1.82) is 0 Å². The van der Waals surface area contributed by atoms with Gasteiger partial charge in [-0.05, 0) is 39.5 Å². The lowest BCUT2D eigenvalue weighted by atomic mass is 9.79. The Morgan fingerprint density at radius 3 is 2.63 bits per heavy atom. The molecule has 0 unspecified atom stereocenters. The fraction of sp³-hybridized carbons (Fsp3) is 0.933. The zero-order valence-electron chi connectivity index (χ0n) is 11.8. The Kier molecular flexibility index (Phi) is 2.26. The van der Waals surface area contributed by atoms with E-state index >= 15 is 0 Å². The molecule has 0 bridgehead atoms. The van der Waals surface area contributed by atoms with Gasteiger partial charge in [0, 0.05) is 5.92 Å². The first-order valence-corrected chi connectivity index (χ1v) is 7.49. The summed E-state index contributed by atoms with van der Waals surface area (Å²) in [4.78, 5) is 11.9. The number of hydrogen-bond acceptors (Lipinski definition) is 4. The monoisotopic (exact) mass is 266 g/mol. The molecule has 0 radical (unpaired) electrons. The number of epoxide rings is 2. The molecule has 0 spiro atoms. The van der Waals surface area contributed by atoms with E-state index in [1.165, 1.54) is 0 Å². The Morgan fingerprint density at radius 1 is 1.11 bits per heavy atom. The van der Waals surface area contributed by atoms with Crippen LogP contribution in [0.3, 0.4) is 0 Å². The molecular weight excluding hydrogens is 244 g/mol. The first kappa shape index (κ1) is 12.2. The van der Waals surface area contributed by atoms with E-state index in [1.807, 2.05) is 6.92 Å². The molecule has 19 heavy (non-hydrogen) atoms. The van der Waals surface area contributed by atoms with Crippen molar-refractivity contribution in [2.45, 2.75) is 76.0 Å². The molecule has 1 aliphatic carbocycles. The van der Waals surface area contributed by atoms with Crippen molar-refractivity contribution in [3.63, 3.8) is 0 Å². The average molecular weight is 266 g/mol. The summed E-state index contributed by atoms with van der Waals surface area (Å²) < 4.78 is 17.4. The normalized spacial score (nSPS) is 59.5. The van der Waals surface area contributed by atoms with Crippen LogP contribution in [0.1, 0.15) is 46.5 Å². The third-order valence-electron chi connectivity index (χ3n) is 5.84. The highest BCUT2D eigenvalue weighted by Crippen LogP contribution is 2.54. The van der Waals surface area contributed by atoms with Gasteiger partial charge in [-0.3, -0.25) is 4.79 Å². The minimum Gasteiger partial charge on any atom is -0.459 e. The van der Waals surface area contributed by atoms with Gasteiger partial charge in [-0.15, -0.1) is 0 Å². The third-order valence-corrected chi connectivity index (χ3v) is 5.84. The van der Waals surface area contributed by atoms with Gasteiger partial charge in [0.1, 0.15) is 12.2 Å². The van der Waals surface area contributed by atoms with Gasteiger partial charge in [-0.1, -0.05) is 6.92 Å². The summed E-state index contributed by atoms with van der Waals surface area (Å²) in [5, 5.41) is 0. The summed E-state index contributed by atoms with van der Waals surface area (Å²) in [6.07, 6.45) is 4.56. The van der Waals surface area contributed by atoms with Crippen LogP contribution in [-0.4, -0.2) is 35.5 Å². The van der Waals surface area contributed by atoms with Crippen molar-refractivity contribution in [2.24, 2.45) is 11.8 Å². The molecule has 0 N–H and O–H groups in total. The maximum absolute atomic E-state index is 11.9. The molecule has 0 aromatic heterocycles. The second-order valence-electron chi connectivity index (χ2n) is 7.20. The molecule has 0 aromatic carbocycles. The van der Waals surface area contributed by atoms with E-state index in [0.717, 1.165) is 25.7 Å². The summed E-state index contributed by atoms with van der Waals surface area (Å²) in [6, 6.07) is 0. The van der Waals surface area contributed by atoms with Gasteiger partial charge < -0.3 is 14.2 Å². The topological polar surface area (TPSA) is 51.4 Å². The van der Waals surface area contributed by atoms with Crippen molar-refractivity contribution < 1.29 is 19.0 Å². The lowest BCUT2D eigenvalue weighted by Gasteiger charge is -2.21. The van der Waals surface area contributed by atoms with Gasteiger partial charge in [-0.2, -0.15) is 0 Å². The highest BCUT2D eigenvalue weighted by Gasteiger charge is 2.64. The molecule has 3 aliphatic heterocycles. The van der Waals surface area contributed by atoms with E-state index in [2.05, 4.69) is 13.8 Å². The van der Waals surface area contributed by atoms with E-state index in [-0.39, 0.29) is 35.3 Å². The van der Waals surface area contributed by atoms with Crippen LogP contribution >= 0.6 is 0 Å². The van der Waals surface area contributed by atoms with E-state index in [4.69, 9.17) is 14.2 Å². The molecule has 106 valence electrons. The Balaban J connectivity index is 1.60. The second kappa shape index (κ2) is 3.53. The maximum atomic E-state index is 11.9. The fourth-order valence-electron chi connectivity index (χ4n) is 4.11. The van der Waals surface area contributed by atoms with E-state index in [9.17, 15) is 4.79 Å². The molecule has 4 fully saturated rings. The zero-order chi connectivity index (χ0) is 13.4. The Labute approximate surface area is 113 Å². The second-order valence-corrected chi connectivity index (χ2v) is 7.20. The van der Waals surface area contributed by atoms with Gasteiger partial charge in [0.05, 0.1) is 23.2 Å². The third kappa shape index (κ3) is 1.69. The molecule has 4 rings (SSSR count). The summed E-state index contributed by atoms with van der Waals surface area (Å²) in [6.45, 7) is 6.34. The van der Waals surface area contributed by atoms with Crippen LogP contribution in [0.2, 0.25) is 0 Å². The van der Waals surface area contributed by atoms with Crippen molar-refractivity contribution in [3.05, 3.63) is 0 Å². The van der Waals surface area contributed by atoms with E-state index < -0.39 is 0 Å². The number of rotatable bonds is 0. The highest BCUT2D eigenvalue weighted by molar-refractivity contribution is 5.75. The number of esters is 1. The van der Waals surface area contributed by atoms with Crippen LogP contribution in [0.5, 0.6) is 0 Å². The number of carbonyl (C=O) groups is 1. The van der Waals surface area contributed by atoms with Gasteiger partial charge in [0.15, 0.2) is 0 Å². The van der Waals surface area contributed by atoms with Crippen LogP contribution in [0.15, 0.2) is 0 Å². The Hall–Kier alpha value is -0.610. The van der Waals surface area contributed by atoms with Crippen molar-refractivity contribution >= 4 is 5.97 Å². The predicted octanol–water partition coefficient (Wildman–Crippen LogP) is 2.05. The molecule has 4 heteroatoms. The van der Waals surface area contributed by atoms with Crippen molar-refractivity contribution in [3.8, 4) is 0 Å². The van der Waals surface area contributed by atoms with E-state index in [0.29, 0.717) is 12.0 Å². The van der Waals surface area contributed by atoms with Gasteiger partial charge in [0.2, 0.25) is 0 Å². The zero-order valence-corrected chi connectivity index (χ0v) is 11.8. The Morgan fingerprint density at radius 2 is 1.84 bits per heavy atom. The molecule has 3 heterocycles. The summed E-state index contributed by atoms with van der Waals surface area (Å²) in [7, 11) is 0. The molecule has 1 saturated carbocycles. The SMILES string of the molecule is C[C@H]1C(=O)O[C@@H]2[C@H]1CC[C@@]1(C)O[C@@H]1CC[C@]1(C)O[C@@H]21. The summed E-state index contributed by atoms with van der Waals surface area (Å²) in [5.74, 6) is 0.239. The minimum atomic E-state index is -0.0997. The van der Waals surface area contributed by atoms with Gasteiger partial charge in [0.25, 0.3) is 0 Å².